The van der Waals surface area contributed by atoms with Crippen LogP contribution in [-0.2, 0) is 13.0 Å². The van der Waals surface area contributed by atoms with Gasteiger partial charge in [0.05, 0.1) is 35.3 Å². The minimum Gasteiger partial charge on any atom is -0.439 e. The minimum absolute atomic E-state index is 0.0855. The van der Waals surface area contributed by atoms with Gasteiger partial charge in [0.15, 0.2) is 0 Å². The standard InChI is InChI=1S/C30H25ClN6O4/c31-19-4-8-27(32-12-19)41-20-5-1-17(2-6-20)29(39)37-13-23-22-11-18(3-7-21(22)28(38)35-25(23)14-37)30(40)36-10-9-24-26(15-36)34-16-33-24/h1-8,11-12,16,23,25H,9-10,13-15H2,(H,33,34)(H,35,38). The molecule has 0 spiro atoms. The Morgan fingerprint density at radius 3 is 2.56 bits per heavy atom. The van der Waals surface area contributed by atoms with Gasteiger partial charge in [0.2, 0.25) is 5.88 Å². The Kier molecular flexibility index (Phi) is 6.19. The third-order valence-corrected chi connectivity index (χ3v) is 8.18. The van der Waals surface area contributed by atoms with Crippen molar-refractivity contribution < 1.29 is 19.1 Å². The van der Waals surface area contributed by atoms with Gasteiger partial charge >= 0.3 is 0 Å². The predicted molar refractivity (Wildman–Crippen MR) is 149 cm³/mol. The van der Waals surface area contributed by atoms with Crippen LogP contribution < -0.4 is 10.1 Å². The first kappa shape index (κ1) is 25.3. The Morgan fingerprint density at radius 1 is 0.951 bits per heavy atom. The van der Waals surface area contributed by atoms with Crippen LogP contribution in [0.15, 0.2) is 67.1 Å². The van der Waals surface area contributed by atoms with Crippen LogP contribution in [0.5, 0.6) is 11.6 Å². The number of amides is 3. The molecule has 3 aliphatic rings. The van der Waals surface area contributed by atoms with Crippen LogP contribution in [0, 0.1) is 0 Å². The number of likely N-dealkylation sites (tertiary alicyclic amines) is 1. The zero-order chi connectivity index (χ0) is 28.1. The minimum atomic E-state index is -0.231. The van der Waals surface area contributed by atoms with E-state index >= 15 is 0 Å². The van der Waals surface area contributed by atoms with Gasteiger partial charge in [0.1, 0.15) is 5.75 Å². The van der Waals surface area contributed by atoms with E-state index in [4.69, 9.17) is 16.3 Å². The van der Waals surface area contributed by atoms with E-state index in [1.807, 2.05) is 6.07 Å². The van der Waals surface area contributed by atoms with Crippen LogP contribution in [0.2, 0.25) is 5.02 Å². The van der Waals surface area contributed by atoms with Crippen molar-refractivity contribution in [2.24, 2.45) is 0 Å². The van der Waals surface area contributed by atoms with Crippen molar-refractivity contribution in [3.63, 3.8) is 0 Å². The van der Waals surface area contributed by atoms with Crippen LogP contribution in [0.1, 0.15) is 53.9 Å². The summed E-state index contributed by atoms with van der Waals surface area (Å²) < 4.78 is 5.73. The third-order valence-electron chi connectivity index (χ3n) is 7.95. The first-order chi connectivity index (χ1) is 19.9. The molecule has 2 atom stereocenters. The van der Waals surface area contributed by atoms with E-state index < -0.39 is 0 Å². The number of ether oxygens (including phenoxy) is 1. The fourth-order valence-electron chi connectivity index (χ4n) is 5.85. The van der Waals surface area contributed by atoms with Crippen LogP contribution >= 0.6 is 11.6 Å². The number of nitrogens with zero attached hydrogens (tertiary/aromatic N) is 4. The number of aromatic amines is 1. The summed E-state index contributed by atoms with van der Waals surface area (Å²) in [5.41, 5.74) is 4.35. The van der Waals surface area contributed by atoms with Crippen molar-refractivity contribution in [1.82, 2.24) is 30.1 Å². The quantitative estimate of drug-likeness (QED) is 0.386. The summed E-state index contributed by atoms with van der Waals surface area (Å²) in [5, 5.41) is 3.57. The van der Waals surface area contributed by atoms with Crippen LogP contribution in [0.4, 0.5) is 0 Å². The van der Waals surface area contributed by atoms with Crippen LogP contribution in [0.25, 0.3) is 0 Å². The molecule has 4 aromatic rings. The number of aromatic nitrogens is 3. The van der Waals surface area contributed by atoms with Gasteiger partial charge in [0.25, 0.3) is 17.7 Å². The van der Waals surface area contributed by atoms with Gasteiger partial charge in [-0.25, -0.2) is 9.97 Å². The second-order valence-corrected chi connectivity index (χ2v) is 10.9. The molecule has 2 unspecified atom stereocenters. The maximum atomic E-state index is 13.4. The first-order valence-corrected chi connectivity index (χ1v) is 13.7. The maximum Gasteiger partial charge on any atom is 0.254 e. The molecule has 1 fully saturated rings. The average Bonchev–Trinajstić information content (AvgIpc) is 3.65. The van der Waals surface area contributed by atoms with Gasteiger partial charge < -0.3 is 24.8 Å². The molecular formula is C30H25ClN6O4. The van der Waals surface area contributed by atoms with E-state index in [1.54, 1.807) is 64.7 Å². The molecule has 0 bridgehead atoms. The summed E-state index contributed by atoms with van der Waals surface area (Å²) in [6, 6.07) is 15.2. The molecule has 41 heavy (non-hydrogen) atoms. The molecule has 3 aliphatic heterocycles. The van der Waals surface area contributed by atoms with Gasteiger partial charge in [-0.3, -0.25) is 14.4 Å². The van der Waals surface area contributed by atoms with Gasteiger partial charge in [-0.15, -0.1) is 0 Å². The fourth-order valence-corrected chi connectivity index (χ4v) is 5.96. The topological polar surface area (TPSA) is 121 Å². The normalized spacial score (nSPS) is 19.2. The molecule has 0 aliphatic carbocycles. The lowest BCUT2D eigenvalue weighted by atomic mass is 9.85. The Labute approximate surface area is 240 Å². The molecule has 0 saturated carbocycles. The molecule has 206 valence electrons. The molecular weight excluding hydrogens is 544 g/mol. The Bertz CT molecular complexity index is 1670. The molecule has 3 amide bonds. The smallest absolute Gasteiger partial charge is 0.254 e. The van der Waals surface area contributed by atoms with E-state index in [-0.39, 0.29) is 29.7 Å². The van der Waals surface area contributed by atoms with Crippen molar-refractivity contribution in [3.8, 4) is 11.6 Å². The van der Waals surface area contributed by atoms with Gasteiger partial charge in [0, 0.05) is 60.9 Å². The Balaban J connectivity index is 1.07. The number of fused-ring (bicyclic) bond motifs is 4. The predicted octanol–water partition coefficient (Wildman–Crippen LogP) is 3.80. The number of benzene rings is 2. The second-order valence-electron chi connectivity index (χ2n) is 10.4. The number of pyridine rings is 1. The molecule has 2 aromatic carbocycles. The zero-order valence-corrected chi connectivity index (χ0v) is 22.6. The SMILES string of the molecule is O=C1NC2CN(C(=O)c3ccc(Oc4ccc(Cl)cn4)cc3)CC2c2cc(C(=O)N3CCc4nc[nH]c4C3)ccc21. The van der Waals surface area contributed by atoms with E-state index in [2.05, 4.69) is 20.3 Å². The highest BCUT2D eigenvalue weighted by Crippen LogP contribution is 2.35. The highest BCUT2D eigenvalue weighted by atomic mass is 35.5. The summed E-state index contributed by atoms with van der Waals surface area (Å²) in [7, 11) is 0. The number of nitrogens with one attached hydrogen (secondary N) is 2. The Morgan fingerprint density at radius 2 is 1.76 bits per heavy atom. The second kappa shape index (κ2) is 10.0. The van der Waals surface area contributed by atoms with E-state index in [0.717, 1.165) is 17.0 Å². The highest BCUT2D eigenvalue weighted by molar-refractivity contribution is 6.30. The van der Waals surface area contributed by atoms with E-state index in [9.17, 15) is 14.4 Å². The monoisotopic (exact) mass is 568 g/mol. The van der Waals surface area contributed by atoms with Gasteiger partial charge in [-0.1, -0.05) is 11.6 Å². The number of carbonyl (C=O) groups is 3. The summed E-state index contributed by atoms with van der Waals surface area (Å²) in [6.07, 6.45) is 3.86. The lowest BCUT2D eigenvalue weighted by Gasteiger charge is -2.29. The number of imidazole rings is 1. The van der Waals surface area contributed by atoms with Crippen LogP contribution in [0.3, 0.4) is 0 Å². The average molecular weight is 569 g/mol. The fraction of sp³-hybridized carbons (Fsp3) is 0.233. The maximum absolute atomic E-state index is 13.4. The number of halogens is 1. The zero-order valence-electron chi connectivity index (χ0n) is 21.8. The summed E-state index contributed by atoms with van der Waals surface area (Å²) in [6.45, 7) is 1.87. The molecule has 11 heteroatoms. The van der Waals surface area contributed by atoms with E-state index in [1.165, 1.54) is 6.20 Å². The van der Waals surface area contributed by atoms with Crippen molar-refractivity contribution in [2.75, 3.05) is 19.6 Å². The largest absolute Gasteiger partial charge is 0.439 e. The molecule has 10 nitrogen and oxygen atoms in total. The number of H-pyrrole nitrogens is 1. The number of rotatable bonds is 4. The van der Waals surface area contributed by atoms with Crippen molar-refractivity contribution in [1.29, 1.82) is 0 Å². The molecule has 2 N–H and O–H groups in total. The first-order valence-electron chi connectivity index (χ1n) is 13.4. The summed E-state index contributed by atoms with van der Waals surface area (Å²) in [4.78, 5) is 54.9. The summed E-state index contributed by atoms with van der Waals surface area (Å²) in [5.74, 6) is 0.420. The van der Waals surface area contributed by atoms with E-state index in [0.29, 0.717) is 65.9 Å². The molecule has 2 aromatic heterocycles. The third kappa shape index (κ3) is 4.70. The van der Waals surface area contributed by atoms with Crippen LogP contribution in [-0.4, -0.2) is 68.1 Å². The molecule has 1 saturated heterocycles. The molecule has 0 radical (unpaired) electrons. The molecule has 5 heterocycles. The lowest BCUT2D eigenvalue weighted by molar-refractivity contribution is 0.0730. The van der Waals surface area contributed by atoms with Crippen molar-refractivity contribution in [3.05, 3.63) is 106 Å². The number of carbonyl (C=O) groups excluding carboxylic acids is 3. The highest BCUT2D eigenvalue weighted by Gasteiger charge is 2.42. The number of hydrogen-bond donors (Lipinski definition) is 2. The summed E-state index contributed by atoms with van der Waals surface area (Å²) >= 11 is 5.88. The Hall–Kier alpha value is -4.70. The van der Waals surface area contributed by atoms with Gasteiger partial charge in [-0.2, -0.15) is 0 Å². The number of hydrogen-bond acceptors (Lipinski definition) is 6. The van der Waals surface area contributed by atoms with Gasteiger partial charge in [-0.05, 0) is 54.1 Å². The molecule has 7 rings (SSSR count). The lowest BCUT2D eigenvalue weighted by Crippen LogP contribution is -2.44. The van der Waals surface area contributed by atoms with Crippen molar-refractivity contribution in [2.45, 2.75) is 24.9 Å². The van der Waals surface area contributed by atoms with Crippen molar-refractivity contribution >= 4 is 29.3 Å².